The Kier molecular flexibility index (Phi) is 4.29. The average Bonchev–Trinajstić information content (AvgIpc) is 2.77. The first-order chi connectivity index (χ1) is 14.6. The summed E-state index contributed by atoms with van der Waals surface area (Å²) in [4.78, 5) is 0. The maximum Gasteiger partial charge on any atom is 0.0257 e. The summed E-state index contributed by atoms with van der Waals surface area (Å²) in [5.74, 6) is 13.9. The highest BCUT2D eigenvalue weighted by molar-refractivity contribution is 5.52. The second kappa shape index (κ2) is 6.88. The van der Waals surface area contributed by atoms with Gasteiger partial charge < -0.3 is 0 Å². The number of hydrogen-bond acceptors (Lipinski definition) is 0. The van der Waals surface area contributed by atoms with Crippen LogP contribution in [-0.4, -0.2) is 0 Å². The van der Waals surface area contributed by atoms with Crippen molar-refractivity contribution < 1.29 is 0 Å². The Balaban J connectivity index is 1.74. The number of rotatable bonds is 2. The fourth-order valence-electron chi connectivity index (χ4n) is 7.13. The summed E-state index contributed by atoms with van der Waals surface area (Å²) in [5, 5.41) is 0. The summed E-state index contributed by atoms with van der Waals surface area (Å²) in [6.45, 7) is 0. The molecule has 0 heteroatoms. The van der Waals surface area contributed by atoms with Crippen LogP contribution in [0.1, 0.15) is 71.4 Å². The third-order valence-electron chi connectivity index (χ3n) is 7.80. The molecule has 0 nitrogen and oxygen atoms in total. The molecule has 4 saturated carbocycles. The molecule has 4 aliphatic rings. The van der Waals surface area contributed by atoms with Gasteiger partial charge in [0.1, 0.15) is 0 Å². The van der Waals surface area contributed by atoms with E-state index < -0.39 is 0 Å². The van der Waals surface area contributed by atoms with Crippen LogP contribution >= 0.6 is 0 Å². The molecule has 30 heavy (non-hydrogen) atoms. The Labute approximate surface area is 180 Å². The van der Waals surface area contributed by atoms with Crippen molar-refractivity contribution in [1.29, 1.82) is 0 Å². The largest absolute Gasteiger partial charge is 0.115 e. The molecule has 0 aromatic heterocycles. The van der Waals surface area contributed by atoms with Crippen molar-refractivity contribution in [3.63, 3.8) is 0 Å². The van der Waals surface area contributed by atoms with E-state index in [0.717, 1.165) is 34.1 Å². The van der Waals surface area contributed by atoms with Crippen LogP contribution in [0.4, 0.5) is 0 Å². The maximum absolute atomic E-state index is 5.79. The number of terminal acetylenes is 4. The molecule has 0 radical (unpaired) electrons. The maximum atomic E-state index is 5.79. The van der Waals surface area contributed by atoms with Crippen molar-refractivity contribution in [3.05, 3.63) is 69.8 Å². The Hall–Kier alpha value is -3.32. The van der Waals surface area contributed by atoms with Crippen LogP contribution in [0.2, 0.25) is 0 Å². The molecule has 2 aromatic carbocycles. The van der Waals surface area contributed by atoms with Crippen LogP contribution in [0, 0.1) is 67.1 Å². The van der Waals surface area contributed by atoms with Gasteiger partial charge in [0.05, 0.1) is 0 Å². The molecule has 6 rings (SSSR count). The molecule has 0 spiro atoms. The van der Waals surface area contributed by atoms with E-state index in [1.807, 2.05) is 12.1 Å². The zero-order valence-electron chi connectivity index (χ0n) is 17.1. The van der Waals surface area contributed by atoms with Gasteiger partial charge in [-0.25, -0.2) is 0 Å². The van der Waals surface area contributed by atoms with Gasteiger partial charge in [0.2, 0.25) is 0 Å². The van der Waals surface area contributed by atoms with Crippen LogP contribution < -0.4 is 0 Å². The van der Waals surface area contributed by atoms with Crippen molar-refractivity contribution in [3.8, 4) is 49.4 Å². The van der Waals surface area contributed by atoms with E-state index in [1.54, 1.807) is 0 Å². The molecule has 2 aromatic rings. The van der Waals surface area contributed by atoms with Crippen LogP contribution in [0.3, 0.4) is 0 Å². The van der Waals surface area contributed by atoms with E-state index in [1.165, 1.54) is 43.2 Å². The van der Waals surface area contributed by atoms with Crippen LogP contribution in [0.25, 0.3) is 0 Å². The summed E-state index contributed by atoms with van der Waals surface area (Å²) in [5.41, 5.74) is 6.12. The zero-order chi connectivity index (χ0) is 20.9. The molecule has 3 atom stereocenters. The van der Waals surface area contributed by atoms with Crippen LogP contribution in [-0.2, 0) is 5.41 Å². The minimum atomic E-state index is 0.0479. The summed E-state index contributed by atoms with van der Waals surface area (Å²) < 4.78 is 0. The first kappa shape index (κ1) is 18.7. The van der Waals surface area contributed by atoms with Crippen molar-refractivity contribution in [2.24, 2.45) is 17.8 Å². The zero-order valence-corrected chi connectivity index (χ0v) is 17.1. The lowest BCUT2D eigenvalue weighted by Gasteiger charge is -2.62. The second-order valence-electron chi connectivity index (χ2n) is 9.46. The highest BCUT2D eigenvalue weighted by atomic mass is 14.6. The van der Waals surface area contributed by atoms with Crippen molar-refractivity contribution in [2.75, 3.05) is 0 Å². The highest BCUT2D eigenvalue weighted by Gasteiger charge is 2.58. The molecule has 144 valence electrons. The minimum Gasteiger partial charge on any atom is -0.115 e. The molecular formula is C30H24. The van der Waals surface area contributed by atoms with E-state index in [2.05, 4.69) is 47.9 Å². The first-order valence-electron chi connectivity index (χ1n) is 10.8. The third kappa shape index (κ3) is 2.77. The van der Waals surface area contributed by atoms with Crippen molar-refractivity contribution in [1.82, 2.24) is 0 Å². The number of benzene rings is 2. The predicted octanol–water partition coefficient (Wildman–Crippen LogP) is 5.47. The Bertz CT molecular complexity index is 1120. The molecule has 0 N–H and O–H groups in total. The lowest BCUT2D eigenvalue weighted by molar-refractivity contribution is -0.0280. The predicted molar refractivity (Wildman–Crippen MR) is 123 cm³/mol. The van der Waals surface area contributed by atoms with Crippen molar-refractivity contribution >= 4 is 0 Å². The topological polar surface area (TPSA) is 0 Å². The average molecular weight is 385 g/mol. The summed E-state index contributed by atoms with van der Waals surface area (Å²) in [7, 11) is 0. The molecule has 0 heterocycles. The first-order valence-corrected chi connectivity index (χ1v) is 10.8. The van der Waals surface area contributed by atoms with Gasteiger partial charge in [-0.1, -0.05) is 23.7 Å². The SMILES string of the molecule is C#Cc1cc(C#C)cc(C2C3CC4CC(C3)CC2(c2cc(C#C)cc(C#C)c2)C4)c1. The molecule has 4 fully saturated rings. The molecule has 0 amide bonds. The molecule has 4 aliphatic carbocycles. The minimum absolute atomic E-state index is 0.0479. The van der Waals surface area contributed by atoms with E-state index >= 15 is 0 Å². The highest BCUT2D eigenvalue weighted by Crippen LogP contribution is 2.66. The van der Waals surface area contributed by atoms with E-state index in [4.69, 9.17) is 25.7 Å². The third-order valence-corrected chi connectivity index (χ3v) is 7.80. The molecular weight excluding hydrogens is 360 g/mol. The normalized spacial score (nSPS) is 30.7. The van der Waals surface area contributed by atoms with Gasteiger partial charge >= 0.3 is 0 Å². The Morgan fingerprint density at radius 3 is 1.57 bits per heavy atom. The second-order valence-corrected chi connectivity index (χ2v) is 9.46. The molecule has 0 aliphatic heterocycles. The van der Waals surface area contributed by atoms with Gasteiger partial charge in [-0.15, -0.1) is 25.7 Å². The van der Waals surface area contributed by atoms with E-state index in [9.17, 15) is 0 Å². The monoisotopic (exact) mass is 384 g/mol. The molecule has 0 saturated heterocycles. The quantitative estimate of drug-likeness (QED) is 0.602. The Morgan fingerprint density at radius 2 is 1.10 bits per heavy atom. The van der Waals surface area contributed by atoms with Crippen LogP contribution in [0.15, 0.2) is 36.4 Å². The summed E-state index contributed by atoms with van der Waals surface area (Å²) in [6, 6.07) is 12.6. The van der Waals surface area contributed by atoms with Gasteiger partial charge in [0.25, 0.3) is 0 Å². The fraction of sp³-hybridized carbons (Fsp3) is 0.333. The summed E-state index contributed by atoms with van der Waals surface area (Å²) >= 11 is 0. The summed E-state index contributed by atoms with van der Waals surface area (Å²) in [6.07, 6.45) is 29.5. The lowest BCUT2D eigenvalue weighted by atomic mass is 9.42. The van der Waals surface area contributed by atoms with Gasteiger partial charge in [-0.05, 0) is 103 Å². The molecule has 4 bridgehead atoms. The number of hydrogen-bond donors (Lipinski definition) is 0. The van der Waals surface area contributed by atoms with Gasteiger partial charge in [-0.3, -0.25) is 0 Å². The Morgan fingerprint density at radius 1 is 0.633 bits per heavy atom. The fourth-order valence-corrected chi connectivity index (χ4v) is 7.13. The molecule has 3 unspecified atom stereocenters. The van der Waals surface area contributed by atoms with Crippen molar-refractivity contribution in [2.45, 2.75) is 43.4 Å². The standard InChI is InChI=1S/C30H24/c1-5-20-9-21(6-2)13-26(12-20)29-27-14-24-11-25(15-27)19-30(29,18-24)28-16-22(7-3)10-23(8-4)17-28/h1-4,9-10,12-13,16-17,24-25,27,29H,11,14-15,18-19H2. The van der Waals surface area contributed by atoms with E-state index in [0.29, 0.717) is 11.8 Å². The lowest BCUT2D eigenvalue weighted by Crippen LogP contribution is -2.54. The van der Waals surface area contributed by atoms with Crippen LogP contribution in [0.5, 0.6) is 0 Å². The smallest absolute Gasteiger partial charge is 0.0257 e. The van der Waals surface area contributed by atoms with E-state index in [-0.39, 0.29) is 5.41 Å². The van der Waals surface area contributed by atoms with Gasteiger partial charge in [0, 0.05) is 27.7 Å². The van der Waals surface area contributed by atoms with Gasteiger partial charge in [-0.2, -0.15) is 0 Å². The van der Waals surface area contributed by atoms with Gasteiger partial charge in [0.15, 0.2) is 0 Å².